The number of carbonyl (C=O) groups is 2. The number of hydrogen-bond acceptors (Lipinski definition) is 3. The van der Waals surface area contributed by atoms with E-state index in [0.29, 0.717) is 23.5 Å². The molecule has 0 saturated carbocycles. The molecule has 0 bridgehead atoms. The number of ether oxygens (including phenoxy) is 1. The zero-order valence-corrected chi connectivity index (χ0v) is 16.4. The third kappa shape index (κ3) is 5.94. The molecule has 0 saturated heterocycles. The van der Waals surface area contributed by atoms with Gasteiger partial charge in [-0.25, -0.2) is 0 Å². The van der Waals surface area contributed by atoms with Gasteiger partial charge in [-0.3, -0.25) is 9.59 Å². The lowest BCUT2D eigenvalue weighted by Gasteiger charge is -2.12. The molecule has 2 N–H and O–H groups in total. The van der Waals surface area contributed by atoms with E-state index in [1.165, 1.54) is 0 Å². The molecule has 148 valence electrons. The van der Waals surface area contributed by atoms with E-state index < -0.39 is 0 Å². The van der Waals surface area contributed by atoms with Crippen molar-refractivity contribution in [2.75, 3.05) is 19.0 Å². The predicted octanol–water partition coefficient (Wildman–Crippen LogP) is 3.85. The molecule has 0 spiro atoms. The Morgan fingerprint density at radius 1 is 0.862 bits per heavy atom. The SMILES string of the molecule is COc1cccc(CC(=O)Nc2ccccc2C(=O)NCCc2ccccc2)c1. The Bertz CT molecular complexity index is 971. The van der Waals surface area contributed by atoms with Crippen molar-refractivity contribution in [1.82, 2.24) is 5.32 Å². The summed E-state index contributed by atoms with van der Waals surface area (Å²) in [6.45, 7) is 0.523. The number of anilines is 1. The number of benzene rings is 3. The maximum atomic E-state index is 12.6. The third-order valence-electron chi connectivity index (χ3n) is 4.49. The van der Waals surface area contributed by atoms with Gasteiger partial charge in [-0.05, 0) is 41.8 Å². The maximum Gasteiger partial charge on any atom is 0.253 e. The van der Waals surface area contributed by atoms with E-state index in [1.54, 1.807) is 31.4 Å². The number of para-hydroxylation sites is 1. The lowest BCUT2D eigenvalue weighted by Crippen LogP contribution is -2.27. The summed E-state index contributed by atoms with van der Waals surface area (Å²) in [4.78, 5) is 25.1. The van der Waals surface area contributed by atoms with Gasteiger partial charge in [0.15, 0.2) is 0 Å². The fraction of sp³-hybridized carbons (Fsp3) is 0.167. The van der Waals surface area contributed by atoms with Crippen LogP contribution < -0.4 is 15.4 Å². The summed E-state index contributed by atoms with van der Waals surface area (Å²) in [5.74, 6) is 0.300. The van der Waals surface area contributed by atoms with Crippen LogP contribution in [0.1, 0.15) is 21.5 Å². The predicted molar refractivity (Wildman–Crippen MR) is 114 cm³/mol. The average molecular weight is 388 g/mol. The van der Waals surface area contributed by atoms with Gasteiger partial charge in [-0.2, -0.15) is 0 Å². The van der Waals surface area contributed by atoms with E-state index in [9.17, 15) is 9.59 Å². The number of amides is 2. The fourth-order valence-electron chi connectivity index (χ4n) is 3.01. The van der Waals surface area contributed by atoms with Crippen LogP contribution in [0.3, 0.4) is 0 Å². The van der Waals surface area contributed by atoms with Crippen LogP contribution in [0.4, 0.5) is 5.69 Å². The van der Waals surface area contributed by atoms with Crippen molar-refractivity contribution in [2.45, 2.75) is 12.8 Å². The van der Waals surface area contributed by atoms with Crippen LogP contribution in [0, 0.1) is 0 Å². The van der Waals surface area contributed by atoms with Crippen molar-refractivity contribution in [3.05, 3.63) is 95.6 Å². The molecule has 0 aliphatic carbocycles. The summed E-state index contributed by atoms with van der Waals surface area (Å²) in [5.41, 5.74) is 2.94. The maximum absolute atomic E-state index is 12.6. The van der Waals surface area contributed by atoms with E-state index in [1.807, 2.05) is 54.6 Å². The van der Waals surface area contributed by atoms with E-state index in [0.717, 1.165) is 17.5 Å². The Kier molecular flexibility index (Phi) is 7.00. The number of methoxy groups -OCH3 is 1. The molecule has 2 amide bonds. The number of carbonyl (C=O) groups excluding carboxylic acids is 2. The average Bonchev–Trinajstić information content (AvgIpc) is 2.75. The lowest BCUT2D eigenvalue weighted by atomic mass is 10.1. The Morgan fingerprint density at radius 2 is 1.59 bits per heavy atom. The molecule has 0 aliphatic rings. The molecule has 3 aromatic rings. The van der Waals surface area contributed by atoms with Gasteiger partial charge in [0.1, 0.15) is 5.75 Å². The number of hydrogen-bond donors (Lipinski definition) is 2. The van der Waals surface area contributed by atoms with E-state index >= 15 is 0 Å². The summed E-state index contributed by atoms with van der Waals surface area (Å²) >= 11 is 0. The monoisotopic (exact) mass is 388 g/mol. The summed E-state index contributed by atoms with van der Waals surface area (Å²) in [6, 6.07) is 24.3. The van der Waals surface area contributed by atoms with Gasteiger partial charge in [0.25, 0.3) is 5.91 Å². The standard InChI is InChI=1S/C24H24N2O3/c1-29-20-11-7-10-19(16-20)17-23(27)26-22-13-6-5-12-21(22)24(28)25-15-14-18-8-3-2-4-9-18/h2-13,16H,14-15,17H2,1H3,(H,25,28)(H,26,27). The van der Waals surface area contributed by atoms with Crippen LogP contribution in [0.5, 0.6) is 5.75 Å². The van der Waals surface area contributed by atoms with Crippen molar-refractivity contribution in [3.8, 4) is 5.75 Å². The largest absolute Gasteiger partial charge is 0.497 e. The molecular formula is C24H24N2O3. The Morgan fingerprint density at radius 3 is 2.38 bits per heavy atom. The van der Waals surface area contributed by atoms with Gasteiger partial charge >= 0.3 is 0 Å². The third-order valence-corrected chi connectivity index (χ3v) is 4.49. The molecule has 0 aromatic heterocycles. The molecule has 0 heterocycles. The van der Waals surface area contributed by atoms with Gasteiger partial charge in [-0.1, -0.05) is 54.6 Å². The molecule has 29 heavy (non-hydrogen) atoms. The summed E-state index contributed by atoms with van der Waals surface area (Å²) in [5, 5.41) is 5.76. The first-order valence-electron chi connectivity index (χ1n) is 9.49. The highest BCUT2D eigenvalue weighted by Gasteiger charge is 2.13. The van der Waals surface area contributed by atoms with Gasteiger partial charge in [0.2, 0.25) is 5.91 Å². The topological polar surface area (TPSA) is 67.4 Å². The number of nitrogens with one attached hydrogen (secondary N) is 2. The van der Waals surface area contributed by atoms with Gasteiger partial charge in [-0.15, -0.1) is 0 Å². The summed E-state index contributed by atoms with van der Waals surface area (Å²) < 4.78 is 5.19. The highest BCUT2D eigenvalue weighted by atomic mass is 16.5. The fourth-order valence-corrected chi connectivity index (χ4v) is 3.01. The van der Waals surface area contributed by atoms with Crippen LogP contribution in [0.25, 0.3) is 0 Å². The first kappa shape index (κ1) is 20.1. The molecule has 0 aliphatic heterocycles. The van der Waals surface area contributed by atoms with Crippen molar-refractivity contribution >= 4 is 17.5 Å². The zero-order chi connectivity index (χ0) is 20.5. The van der Waals surface area contributed by atoms with Crippen molar-refractivity contribution < 1.29 is 14.3 Å². The first-order chi connectivity index (χ1) is 14.2. The van der Waals surface area contributed by atoms with Crippen LogP contribution in [0.15, 0.2) is 78.9 Å². The second-order valence-electron chi connectivity index (χ2n) is 6.61. The van der Waals surface area contributed by atoms with Gasteiger partial charge < -0.3 is 15.4 Å². The highest BCUT2D eigenvalue weighted by Crippen LogP contribution is 2.17. The normalized spacial score (nSPS) is 10.2. The van der Waals surface area contributed by atoms with Crippen LogP contribution in [-0.2, 0) is 17.6 Å². The quantitative estimate of drug-likeness (QED) is 0.616. The van der Waals surface area contributed by atoms with Crippen LogP contribution >= 0.6 is 0 Å². The first-order valence-corrected chi connectivity index (χ1v) is 9.49. The molecule has 0 radical (unpaired) electrons. The van der Waals surface area contributed by atoms with Crippen molar-refractivity contribution in [3.63, 3.8) is 0 Å². The molecule has 0 unspecified atom stereocenters. The molecule has 3 rings (SSSR count). The zero-order valence-electron chi connectivity index (χ0n) is 16.4. The molecule has 5 nitrogen and oxygen atoms in total. The van der Waals surface area contributed by atoms with E-state index in [2.05, 4.69) is 10.6 Å². The Balaban J connectivity index is 1.60. The summed E-state index contributed by atoms with van der Waals surface area (Å²) in [6.07, 6.45) is 0.943. The van der Waals surface area contributed by atoms with Crippen LogP contribution in [0.2, 0.25) is 0 Å². The Hall–Kier alpha value is -3.60. The van der Waals surface area contributed by atoms with Crippen molar-refractivity contribution in [2.24, 2.45) is 0 Å². The van der Waals surface area contributed by atoms with E-state index in [4.69, 9.17) is 4.74 Å². The van der Waals surface area contributed by atoms with Gasteiger partial charge in [0.05, 0.1) is 24.8 Å². The smallest absolute Gasteiger partial charge is 0.253 e. The van der Waals surface area contributed by atoms with Gasteiger partial charge in [0, 0.05) is 6.54 Å². The number of rotatable bonds is 8. The lowest BCUT2D eigenvalue weighted by molar-refractivity contribution is -0.115. The summed E-state index contributed by atoms with van der Waals surface area (Å²) in [7, 11) is 1.59. The molecule has 5 heteroatoms. The van der Waals surface area contributed by atoms with E-state index in [-0.39, 0.29) is 18.2 Å². The molecule has 0 fully saturated rings. The minimum absolute atomic E-state index is 0.192. The second kappa shape index (κ2) is 10.1. The minimum Gasteiger partial charge on any atom is -0.497 e. The molecular weight excluding hydrogens is 364 g/mol. The second-order valence-corrected chi connectivity index (χ2v) is 6.61. The van der Waals surface area contributed by atoms with Crippen LogP contribution in [-0.4, -0.2) is 25.5 Å². The minimum atomic E-state index is -0.210. The van der Waals surface area contributed by atoms with Crippen molar-refractivity contribution in [1.29, 1.82) is 0 Å². The molecule has 3 aromatic carbocycles. The molecule has 0 atom stereocenters. The Labute approximate surface area is 170 Å². The highest BCUT2D eigenvalue weighted by molar-refractivity contribution is 6.04.